The van der Waals surface area contributed by atoms with E-state index in [0.717, 1.165) is 4.57 Å². The van der Waals surface area contributed by atoms with Gasteiger partial charge in [-0.3, -0.25) is 31.0 Å². The van der Waals surface area contributed by atoms with Gasteiger partial charge in [-0.25, -0.2) is 5.84 Å². The number of nitrogens with two attached hydrogens (primary N) is 2. The highest BCUT2D eigenvalue weighted by molar-refractivity contribution is 6.02. The van der Waals surface area contributed by atoms with Crippen molar-refractivity contribution in [2.45, 2.75) is 6.92 Å². The van der Waals surface area contributed by atoms with Crippen LogP contribution in [0.15, 0.2) is 4.79 Å². The van der Waals surface area contributed by atoms with E-state index in [0.29, 0.717) is 0 Å². The number of amides is 1. The Bertz CT molecular complexity index is 578. The molecule has 0 aromatic carbocycles. The van der Waals surface area contributed by atoms with Crippen molar-refractivity contribution >= 4 is 17.3 Å². The maximum Gasteiger partial charge on any atom is 0.359 e. The number of pyridine rings is 1. The molecule has 0 unspecified atom stereocenters. The minimum atomic E-state index is -0.912. The summed E-state index contributed by atoms with van der Waals surface area (Å²) >= 11 is 0. The van der Waals surface area contributed by atoms with Gasteiger partial charge < -0.3 is 9.99 Å². The first kappa shape index (κ1) is 13.6. The molecule has 1 amide bonds. The Balaban J connectivity index is 3.87. The van der Waals surface area contributed by atoms with Crippen LogP contribution >= 0.6 is 0 Å². The molecule has 1 aromatic heterocycles. The Hall–Kier alpha value is -2.46. The van der Waals surface area contributed by atoms with Gasteiger partial charge >= 0.3 is 11.2 Å². The minimum absolute atomic E-state index is 0.159. The molecule has 98 valence electrons. The maximum atomic E-state index is 11.7. The van der Waals surface area contributed by atoms with Crippen molar-refractivity contribution in [2.75, 3.05) is 5.43 Å². The molecule has 0 fully saturated rings. The topological polar surface area (TPSA) is 158 Å². The van der Waals surface area contributed by atoms with E-state index in [4.69, 9.17) is 11.7 Å². The van der Waals surface area contributed by atoms with Gasteiger partial charge in [0.15, 0.2) is 0 Å². The van der Waals surface area contributed by atoms with E-state index in [1.54, 1.807) is 0 Å². The van der Waals surface area contributed by atoms with Gasteiger partial charge in [-0.2, -0.15) is 0 Å². The lowest BCUT2D eigenvalue weighted by Crippen LogP contribution is -2.35. The number of nitrogens with zero attached hydrogens (tertiary/aromatic N) is 2. The summed E-state index contributed by atoms with van der Waals surface area (Å²) in [5.74, 6) is 9.34. The summed E-state index contributed by atoms with van der Waals surface area (Å²) in [7, 11) is 1.30. The fraction of sp³-hybridized carbons (Fsp3) is 0.250. The molecule has 1 rings (SSSR count). The van der Waals surface area contributed by atoms with Crippen LogP contribution in [0.4, 0.5) is 11.4 Å². The average molecular weight is 256 g/mol. The van der Waals surface area contributed by atoms with Gasteiger partial charge in [0.2, 0.25) is 0 Å². The molecule has 0 aliphatic heterocycles. The number of anilines is 1. The van der Waals surface area contributed by atoms with Crippen molar-refractivity contribution in [3.05, 3.63) is 31.7 Å². The Kier molecular flexibility index (Phi) is 3.64. The molecule has 1 heterocycles. The molecule has 0 bridgehead atoms. The van der Waals surface area contributed by atoms with Crippen LogP contribution in [0.25, 0.3) is 0 Å². The highest BCUT2D eigenvalue weighted by atomic mass is 16.6. The number of aromatic nitrogens is 1. The molecule has 10 heteroatoms. The molecule has 0 aliphatic carbocycles. The second kappa shape index (κ2) is 4.81. The number of hydrogen-bond donors (Lipinski definition) is 4. The van der Waals surface area contributed by atoms with Crippen LogP contribution in [0.1, 0.15) is 16.1 Å². The van der Waals surface area contributed by atoms with Gasteiger partial charge in [-0.1, -0.05) is 0 Å². The van der Waals surface area contributed by atoms with E-state index in [1.165, 1.54) is 14.0 Å². The molecule has 0 radical (unpaired) electrons. The summed E-state index contributed by atoms with van der Waals surface area (Å²) in [5.41, 5.74) is 1.81. The third-order valence-electron chi connectivity index (χ3n) is 2.54. The first-order valence-corrected chi connectivity index (χ1v) is 4.72. The van der Waals surface area contributed by atoms with E-state index < -0.39 is 22.1 Å². The first-order valence-electron chi connectivity index (χ1n) is 4.72. The first-order chi connectivity index (χ1) is 8.36. The zero-order valence-corrected chi connectivity index (χ0v) is 9.68. The Labute approximate surface area is 101 Å². The van der Waals surface area contributed by atoms with Crippen LogP contribution in [0, 0.1) is 17.0 Å². The molecule has 6 N–H and O–H groups in total. The summed E-state index contributed by atoms with van der Waals surface area (Å²) in [6, 6.07) is 0. The number of hydrogen-bond acceptors (Lipinski definition) is 7. The van der Waals surface area contributed by atoms with Crippen molar-refractivity contribution in [3.63, 3.8) is 0 Å². The Morgan fingerprint density at radius 1 is 1.44 bits per heavy atom. The van der Waals surface area contributed by atoms with E-state index >= 15 is 0 Å². The van der Waals surface area contributed by atoms with Gasteiger partial charge in [0.1, 0.15) is 5.69 Å². The number of hydrazine groups is 2. The second-order valence-corrected chi connectivity index (χ2v) is 3.42. The van der Waals surface area contributed by atoms with E-state index in [-0.39, 0.29) is 16.9 Å². The van der Waals surface area contributed by atoms with Crippen LogP contribution < -0.4 is 28.1 Å². The fourth-order valence-electron chi connectivity index (χ4n) is 1.55. The van der Waals surface area contributed by atoms with Gasteiger partial charge in [0.25, 0.3) is 5.91 Å². The summed E-state index contributed by atoms with van der Waals surface area (Å²) in [6.45, 7) is 1.44. The SMILES string of the molecule is Cc1c(C(=O)NN)c(NN)c([N+](=O)[O-])c(=O)n1C. The zero-order valence-electron chi connectivity index (χ0n) is 9.68. The van der Waals surface area contributed by atoms with Gasteiger partial charge in [-0.05, 0) is 6.92 Å². The monoisotopic (exact) mass is 256 g/mol. The summed E-state index contributed by atoms with van der Waals surface area (Å²) in [6.07, 6.45) is 0. The minimum Gasteiger partial charge on any atom is -0.317 e. The van der Waals surface area contributed by atoms with E-state index in [1.807, 2.05) is 10.9 Å². The Morgan fingerprint density at radius 3 is 2.39 bits per heavy atom. The van der Waals surface area contributed by atoms with Gasteiger partial charge in [0, 0.05) is 12.7 Å². The summed E-state index contributed by atoms with van der Waals surface area (Å²) in [5, 5.41) is 10.9. The van der Waals surface area contributed by atoms with Crippen LogP contribution in [-0.4, -0.2) is 15.4 Å². The molecule has 0 aliphatic rings. The number of carbonyl (C=O) groups excluding carboxylic acids is 1. The number of rotatable bonds is 3. The largest absolute Gasteiger partial charge is 0.359 e. The quantitative estimate of drug-likeness (QED) is 0.221. The Morgan fingerprint density at radius 2 is 2.00 bits per heavy atom. The number of carbonyl (C=O) groups is 1. The molecule has 18 heavy (non-hydrogen) atoms. The maximum absolute atomic E-state index is 11.7. The van der Waals surface area contributed by atoms with Crippen molar-refractivity contribution < 1.29 is 9.72 Å². The third-order valence-corrected chi connectivity index (χ3v) is 2.54. The van der Waals surface area contributed by atoms with E-state index in [2.05, 4.69) is 0 Å². The van der Waals surface area contributed by atoms with Crippen LogP contribution in [0.3, 0.4) is 0 Å². The standard InChI is InChI=1S/C8H12N6O4/c1-3-4(7(15)12-10)5(11-9)6(14(17)18)8(16)13(3)2/h11H,9-10H2,1-2H3,(H,12,15). The zero-order chi connectivity index (χ0) is 14.0. The highest BCUT2D eigenvalue weighted by Gasteiger charge is 2.29. The van der Waals surface area contributed by atoms with Crippen LogP contribution in [-0.2, 0) is 7.05 Å². The lowest BCUT2D eigenvalue weighted by molar-refractivity contribution is -0.385. The lowest BCUT2D eigenvalue weighted by Gasteiger charge is -2.13. The normalized spacial score (nSPS) is 10.0. The number of nitrogen functional groups attached to an aromatic ring is 2. The molecular formula is C8H12N6O4. The molecule has 0 saturated carbocycles. The van der Waals surface area contributed by atoms with Crippen LogP contribution in [0.2, 0.25) is 0 Å². The van der Waals surface area contributed by atoms with Crippen molar-refractivity contribution in [3.8, 4) is 0 Å². The van der Waals surface area contributed by atoms with Crippen LogP contribution in [0.5, 0.6) is 0 Å². The fourth-order valence-corrected chi connectivity index (χ4v) is 1.55. The predicted molar refractivity (Wildman–Crippen MR) is 62.5 cm³/mol. The van der Waals surface area contributed by atoms with Gasteiger partial charge in [0.05, 0.1) is 10.5 Å². The molecular weight excluding hydrogens is 244 g/mol. The number of nitro groups is 1. The molecule has 0 atom stereocenters. The molecule has 0 spiro atoms. The number of nitrogens with one attached hydrogen (secondary N) is 2. The molecule has 10 nitrogen and oxygen atoms in total. The van der Waals surface area contributed by atoms with Crippen molar-refractivity contribution in [2.24, 2.45) is 18.7 Å². The average Bonchev–Trinajstić information content (AvgIpc) is 2.33. The van der Waals surface area contributed by atoms with Crippen molar-refractivity contribution in [1.82, 2.24) is 9.99 Å². The highest BCUT2D eigenvalue weighted by Crippen LogP contribution is 2.26. The smallest absolute Gasteiger partial charge is 0.317 e. The predicted octanol–water partition coefficient (Wildman–Crippen LogP) is -1.51. The van der Waals surface area contributed by atoms with Gasteiger partial charge in [-0.15, -0.1) is 0 Å². The lowest BCUT2D eigenvalue weighted by atomic mass is 10.1. The van der Waals surface area contributed by atoms with E-state index in [9.17, 15) is 19.7 Å². The second-order valence-electron chi connectivity index (χ2n) is 3.42. The summed E-state index contributed by atoms with van der Waals surface area (Å²) < 4.78 is 0.976. The van der Waals surface area contributed by atoms with Crippen molar-refractivity contribution in [1.29, 1.82) is 0 Å². The third kappa shape index (κ3) is 1.89. The summed E-state index contributed by atoms with van der Waals surface area (Å²) in [4.78, 5) is 33.3. The molecule has 0 saturated heterocycles. The molecule has 1 aromatic rings.